The molecule has 0 N–H and O–H groups in total. The number of nitrogens with zero attached hydrogens (tertiary/aromatic N) is 4. The lowest BCUT2D eigenvalue weighted by Gasteiger charge is -2.33. The quantitative estimate of drug-likeness (QED) is 0.695. The van der Waals surface area contributed by atoms with Gasteiger partial charge < -0.3 is 14.2 Å². The summed E-state index contributed by atoms with van der Waals surface area (Å²) in [7, 11) is 0. The van der Waals surface area contributed by atoms with Gasteiger partial charge in [-0.3, -0.25) is 4.79 Å². The average molecular weight is 367 g/mol. The molecule has 1 amide bonds. The van der Waals surface area contributed by atoms with E-state index in [1.165, 1.54) is 18.2 Å². The van der Waals surface area contributed by atoms with Crippen molar-refractivity contribution in [1.82, 2.24) is 19.7 Å². The number of carbonyl (C=O) groups excluding carboxylic acids is 1. The zero-order valence-electron chi connectivity index (χ0n) is 15.4. The van der Waals surface area contributed by atoms with Crippen molar-refractivity contribution in [3.63, 3.8) is 0 Å². The number of piperidine rings is 1. The second-order valence-corrected chi connectivity index (χ2v) is 8.06. The molecule has 0 radical (unpaired) electrons. The van der Waals surface area contributed by atoms with Gasteiger partial charge in [-0.05, 0) is 45.4 Å². The van der Waals surface area contributed by atoms with Crippen molar-refractivity contribution in [3.05, 3.63) is 5.82 Å². The van der Waals surface area contributed by atoms with Crippen molar-refractivity contribution in [2.75, 3.05) is 18.9 Å². The first-order chi connectivity index (χ1) is 12.2. The molecule has 2 fully saturated rings. The molecule has 140 valence electrons. The number of likely N-dealkylation sites (tertiary alicyclic amines) is 1. The Hall–Kier alpha value is -1.08. The maximum absolute atomic E-state index is 12.6. The van der Waals surface area contributed by atoms with Crippen LogP contribution in [-0.2, 0) is 22.5 Å². The maximum Gasteiger partial charge on any atom is 0.233 e. The fourth-order valence-corrected chi connectivity index (χ4v) is 4.54. The average Bonchev–Trinajstić information content (AvgIpc) is 3.25. The smallest absolute Gasteiger partial charge is 0.233 e. The van der Waals surface area contributed by atoms with E-state index in [0.29, 0.717) is 11.8 Å². The number of hydrogen-bond donors (Lipinski definition) is 0. The number of aryl methyl sites for hydroxylation is 1. The molecule has 25 heavy (non-hydrogen) atoms. The molecule has 3 heterocycles. The lowest BCUT2D eigenvalue weighted by molar-refractivity contribution is -0.131. The van der Waals surface area contributed by atoms with Crippen LogP contribution in [0.15, 0.2) is 5.16 Å². The number of aromatic nitrogens is 3. The van der Waals surface area contributed by atoms with Gasteiger partial charge in [-0.15, -0.1) is 10.2 Å². The molecule has 3 rings (SSSR count). The van der Waals surface area contributed by atoms with Gasteiger partial charge in [-0.1, -0.05) is 18.7 Å². The van der Waals surface area contributed by atoms with Gasteiger partial charge in [0, 0.05) is 25.6 Å². The molecule has 0 aromatic carbocycles. The van der Waals surface area contributed by atoms with Crippen molar-refractivity contribution >= 4 is 17.7 Å². The fraction of sp³-hybridized carbons (Fsp3) is 0.833. The zero-order chi connectivity index (χ0) is 17.6. The number of ether oxygens (including phenoxy) is 1. The Bertz CT molecular complexity index is 571. The molecule has 2 atom stereocenters. The Morgan fingerprint density at radius 1 is 1.28 bits per heavy atom. The molecule has 0 unspecified atom stereocenters. The van der Waals surface area contributed by atoms with Gasteiger partial charge in [-0.2, -0.15) is 0 Å². The van der Waals surface area contributed by atoms with Crippen molar-refractivity contribution in [2.24, 2.45) is 0 Å². The van der Waals surface area contributed by atoms with Crippen LogP contribution in [0.1, 0.15) is 58.2 Å². The van der Waals surface area contributed by atoms with Gasteiger partial charge in [0.2, 0.25) is 5.91 Å². The maximum atomic E-state index is 12.6. The number of carbonyl (C=O) groups is 1. The Labute approximate surface area is 154 Å². The van der Waals surface area contributed by atoms with Crippen molar-refractivity contribution in [3.8, 4) is 0 Å². The van der Waals surface area contributed by atoms with E-state index in [0.717, 1.165) is 69.2 Å². The summed E-state index contributed by atoms with van der Waals surface area (Å²) in [6.45, 7) is 6.85. The van der Waals surface area contributed by atoms with E-state index in [4.69, 9.17) is 4.74 Å². The van der Waals surface area contributed by atoms with Gasteiger partial charge in [0.25, 0.3) is 0 Å². The van der Waals surface area contributed by atoms with Gasteiger partial charge in [-0.25, -0.2) is 0 Å². The third-order valence-corrected chi connectivity index (χ3v) is 6.08. The first-order valence-electron chi connectivity index (χ1n) is 9.65. The lowest BCUT2D eigenvalue weighted by Crippen LogP contribution is -2.43. The zero-order valence-corrected chi connectivity index (χ0v) is 16.3. The Balaban J connectivity index is 1.63. The molecule has 1 aromatic heterocycles. The second-order valence-electron chi connectivity index (χ2n) is 7.12. The number of hydrogen-bond acceptors (Lipinski definition) is 5. The van der Waals surface area contributed by atoms with E-state index >= 15 is 0 Å². The van der Waals surface area contributed by atoms with Crippen LogP contribution in [0, 0.1) is 0 Å². The first-order valence-corrected chi connectivity index (χ1v) is 10.6. The van der Waals surface area contributed by atoms with Crippen molar-refractivity contribution in [1.29, 1.82) is 0 Å². The highest BCUT2D eigenvalue weighted by molar-refractivity contribution is 7.99. The van der Waals surface area contributed by atoms with Crippen LogP contribution in [0.2, 0.25) is 0 Å². The van der Waals surface area contributed by atoms with Crippen molar-refractivity contribution < 1.29 is 9.53 Å². The summed E-state index contributed by atoms with van der Waals surface area (Å²) >= 11 is 1.52. The summed E-state index contributed by atoms with van der Waals surface area (Å²) in [5, 5.41) is 9.59. The standard InChI is InChI=1S/C18H30N4O2S/c1-3-7-16-19-20-18(22(16)12-15-9-6-11-24-15)25-13-17(23)21-10-5-4-8-14(21)2/h14-15H,3-13H2,1-2H3/t14-,15-/m0/s1. The molecular formula is C18H30N4O2S. The van der Waals surface area contributed by atoms with Gasteiger partial charge in [0.05, 0.1) is 18.4 Å². The summed E-state index contributed by atoms with van der Waals surface area (Å²) in [5.41, 5.74) is 0. The minimum absolute atomic E-state index is 0.223. The van der Waals surface area contributed by atoms with Crippen LogP contribution in [-0.4, -0.2) is 56.6 Å². The Kier molecular flexibility index (Phi) is 6.76. The predicted octanol–water partition coefficient (Wildman–Crippen LogP) is 2.90. The first kappa shape index (κ1) is 18.7. The Morgan fingerprint density at radius 2 is 2.16 bits per heavy atom. The van der Waals surface area contributed by atoms with Gasteiger partial charge in [0.1, 0.15) is 5.82 Å². The van der Waals surface area contributed by atoms with Crippen LogP contribution in [0.4, 0.5) is 0 Å². The monoisotopic (exact) mass is 366 g/mol. The summed E-state index contributed by atoms with van der Waals surface area (Å²) in [6.07, 6.45) is 7.90. The van der Waals surface area contributed by atoms with Gasteiger partial charge in [0.15, 0.2) is 5.16 Å². The highest BCUT2D eigenvalue weighted by Gasteiger charge is 2.25. The predicted molar refractivity (Wildman–Crippen MR) is 98.7 cm³/mol. The van der Waals surface area contributed by atoms with Crippen LogP contribution in [0.5, 0.6) is 0 Å². The summed E-state index contributed by atoms with van der Waals surface area (Å²) < 4.78 is 7.97. The largest absolute Gasteiger partial charge is 0.376 e. The molecule has 6 nitrogen and oxygen atoms in total. The molecule has 2 saturated heterocycles. The molecule has 2 aliphatic rings. The van der Waals surface area contributed by atoms with Crippen LogP contribution >= 0.6 is 11.8 Å². The summed E-state index contributed by atoms with van der Waals surface area (Å²) in [6, 6.07) is 0.363. The molecule has 1 aromatic rings. The van der Waals surface area contributed by atoms with E-state index in [-0.39, 0.29) is 12.0 Å². The molecule has 7 heteroatoms. The SMILES string of the molecule is CCCc1nnc(SCC(=O)N2CCCC[C@@H]2C)n1C[C@@H]1CCCO1. The minimum atomic E-state index is 0.223. The van der Waals surface area contributed by atoms with Crippen LogP contribution < -0.4 is 0 Å². The summed E-state index contributed by atoms with van der Waals surface area (Å²) in [5.74, 6) is 1.68. The van der Waals surface area contributed by atoms with Crippen LogP contribution in [0.3, 0.4) is 0 Å². The number of thioether (sulfide) groups is 1. The number of amides is 1. The molecule has 0 saturated carbocycles. The summed E-state index contributed by atoms with van der Waals surface area (Å²) in [4.78, 5) is 14.6. The molecular weight excluding hydrogens is 336 g/mol. The molecule has 0 bridgehead atoms. The second kappa shape index (κ2) is 9.03. The molecule has 0 spiro atoms. The minimum Gasteiger partial charge on any atom is -0.376 e. The van der Waals surface area contributed by atoms with Crippen LogP contribution in [0.25, 0.3) is 0 Å². The van der Waals surface area contributed by atoms with E-state index in [1.54, 1.807) is 0 Å². The number of rotatable bonds is 7. The lowest BCUT2D eigenvalue weighted by atomic mass is 10.0. The van der Waals surface area contributed by atoms with Crippen molar-refractivity contribution in [2.45, 2.75) is 82.6 Å². The fourth-order valence-electron chi connectivity index (χ4n) is 3.69. The third kappa shape index (κ3) is 4.76. The van der Waals surface area contributed by atoms with Gasteiger partial charge >= 0.3 is 0 Å². The Morgan fingerprint density at radius 3 is 2.88 bits per heavy atom. The van der Waals surface area contributed by atoms with E-state index in [1.807, 2.05) is 4.90 Å². The van der Waals surface area contributed by atoms with E-state index in [9.17, 15) is 4.79 Å². The molecule has 2 aliphatic heterocycles. The topological polar surface area (TPSA) is 60.2 Å². The molecule has 0 aliphatic carbocycles. The van der Waals surface area contributed by atoms with E-state index < -0.39 is 0 Å². The highest BCUT2D eigenvalue weighted by atomic mass is 32.2. The third-order valence-electron chi connectivity index (χ3n) is 5.13. The highest BCUT2D eigenvalue weighted by Crippen LogP contribution is 2.24. The normalized spacial score (nSPS) is 24.0. The van der Waals surface area contributed by atoms with E-state index in [2.05, 4.69) is 28.6 Å².